The van der Waals surface area contributed by atoms with Crippen molar-refractivity contribution in [2.45, 2.75) is 32.1 Å². The maximum Gasteiger partial charge on any atom is 0.163 e. The minimum absolute atomic E-state index is 0.192. The molecule has 0 saturated heterocycles. The van der Waals surface area contributed by atoms with Crippen molar-refractivity contribution in [3.63, 3.8) is 0 Å². The molecule has 1 aromatic carbocycles. The van der Waals surface area contributed by atoms with Crippen LogP contribution < -0.4 is 0 Å². The van der Waals surface area contributed by atoms with Crippen LogP contribution in [0.4, 0.5) is 0 Å². The van der Waals surface area contributed by atoms with Crippen LogP contribution in [0, 0.1) is 17.8 Å². The normalized spacial score (nSPS) is 29.8. The van der Waals surface area contributed by atoms with Gasteiger partial charge in [-0.2, -0.15) is 0 Å². The fraction of sp³-hybridized carbons (Fsp3) is 0.533. The topological polar surface area (TPSA) is 17.1 Å². The van der Waals surface area contributed by atoms with Crippen molar-refractivity contribution in [1.82, 2.24) is 0 Å². The largest absolute Gasteiger partial charge is 0.294 e. The molecule has 3 rings (SSSR count). The number of hydrogen-bond acceptors (Lipinski definition) is 1. The third-order valence-corrected chi connectivity index (χ3v) is 4.95. The molecule has 0 aromatic heterocycles. The first-order chi connectivity index (χ1) is 8.61. The van der Waals surface area contributed by atoms with E-state index in [9.17, 15) is 4.79 Å². The summed E-state index contributed by atoms with van der Waals surface area (Å²) in [6.45, 7) is 0. The number of benzene rings is 1. The Balaban J connectivity index is 1.71. The Labute approximate surface area is 117 Å². The molecule has 3 unspecified atom stereocenters. The van der Waals surface area contributed by atoms with E-state index in [1.54, 1.807) is 18.2 Å². The van der Waals surface area contributed by atoms with Crippen LogP contribution in [0.15, 0.2) is 18.2 Å². The summed E-state index contributed by atoms with van der Waals surface area (Å²) in [5, 5.41) is 1.08. The molecule has 2 aliphatic rings. The van der Waals surface area contributed by atoms with Crippen LogP contribution in [0.3, 0.4) is 0 Å². The van der Waals surface area contributed by atoms with E-state index in [0.717, 1.165) is 11.8 Å². The van der Waals surface area contributed by atoms with Gasteiger partial charge < -0.3 is 0 Å². The lowest BCUT2D eigenvalue weighted by Gasteiger charge is -2.20. The zero-order valence-electron chi connectivity index (χ0n) is 10.2. The number of Topliss-reactive ketones (excluding diaryl/α,β-unsaturated/α-hetero) is 1. The number of rotatable bonds is 3. The molecule has 0 N–H and O–H groups in total. The van der Waals surface area contributed by atoms with Crippen molar-refractivity contribution in [2.24, 2.45) is 17.8 Å². The molecule has 1 nitrogen and oxygen atoms in total. The molecular weight excluding hydrogens is 267 g/mol. The maximum atomic E-state index is 12.3. The van der Waals surface area contributed by atoms with Crippen LogP contribution in [-0.2, 0) is 0 Å². The Hall–Kier alpha value is -0.530. The molecule has 3 atom stereocenters. The van der Waals surface area contributed by atoms with Crippen LogP contribution in [0.1, 0.15) is 42.5 Å². The second kappa shape index (κ2) is 4.86. The second-order valence-corrected chi connectivity index (χ2v) is 6.59. The second-order valence-electron chi connectivity index (χ2n) is 5.72. The van der Waals surface area contributed by atoms with Crippen molar-refractivity contribution < 1.29 is 4.79 Å². The first-order valence-corrected chi connectivity index (χ1v) is 7.36. The van der Waals surface area contributed by atoms with Crippen molar-refractivity contribution in [3.8, 4) is 0 Å². The zero-order valence-corrected chi connectivity index (χ0v) is 11.7. The highest BCUT2D eigenvalue weighted by Gasteiger charge is 2.40. The summed E-state index contributed by atoms with van der Waals surface area (Å²) >= 11 is 11.9. The lowest BCUT2D eigenvalue weighted by atomic mass is 9.84. The number of hydrogen-bond donors (Lipinski definition) is 0. The fourth-order valence-electron chi connectivity index (χ4n) is 3.70. The van der Waals surface area contributed by atoms with E-state index < -0.39 is 0 Å². The van der Waals surface area contributed by atoms with Gasteiger partial charge in [-0.05, 0) is 55.2 Å². The highest BCUT2D eigenvalue weighted by molar-refractivity contribution is 6.35. The van der Waals surface area contributed by atoms with Crippen molar-refractivity contribution in [3.05, 3.63) is 33.8 Å². The predicted octanol–water partition coefficient (Wildman–Crippen LogP) is 5.00. The molecule has 2 fully saturated rings. The molecule has 0 spiro atoms. The van der Waals surface area contributed by atoms with Gasteiger partial charge in [-0.3, -0.25) is 4.79 Å². The van der Waals surface area contributed by atoms with Gasteiger partial charge in [0.2, 0.25) is 0 Å². The van der Waals surface area contributed by atoms with Crippen LogP contribution in [-0.4, -0.2) is 5.78 Å². The van der Waals surface area contributed by atoms with E-state index in [4.69, 9.17) is 23.2 Å². The van der Waals surface area contributed by atoms with E-state index in [1.807, 2.05) is 0 Å². The number of carbonyl (C=O) groups is 1. The Morgan fingerprint density at radius 3 is 2.39 bits per heavy atom. The maximum absolute atomic E-state index is 12.3. The molecule has 2 bridgehead atoms. The van der Waals surface area contributed by atoms with Gasteiger partial charge in [0.25, 0.3) is 0 Å². The summed E-state index contributed by atoms with van der Waals surface area (Å²) in [5.74, 6) is 2.45. The molecule has 96 valence electrons. The Bertz CT molecular complexity index is 463. The number of halogens is 2. The van der Waals surface area contributed by atoms with Gasteiger partial charge in [0, 0.05) is 22.0 Å². The molecule has 2 saturated carbocycles. The first kappa shape index (κ1) is 12.5. The minimum atomic E-state index is 0.192. The van der Waals surface area contributed by atoms with Crippen LogP contribution in [0.25, 0.3) is 0 Å². The van der Waals surface area contributed by atoms with Gasteiger partial charge in [-0.15, -0.1) is 0 Å². The van der Waals surface area contributed by atoms with E-state index in [-0.39, 0.29) is 5.78 Å². The van der Waals surface area contributed by atoms with Gasteiger partial charge >= 0.3 is 0 Å². The van der Waals surface area contributed by atoms with Crippen LogP contribution in [0.2, 0.25) is 10.0 Å². The van der Waals surface area contributed by atoms with Gasteiger partial charge in [-0.25, -0.2) is 0 Å². The number of ketones is 1. The lowest BCUT2D eigenvalue weighted by Crippen LogP contribution is -2.15. The van der Waals surface area contributed by atoms with E-state index >= 15 is 0 Å². The summed E-state index contributed by atoms with van der Waals surface area (Å²) in [5.41, 5.74) is 0.662. The van der Waals surface area contributed by atoms with Gasteiger partial charge in [-0.1, -0.05) is 29.6 Å². The third-order valence-electron chi connectivity index (χ3n) is 4.52. The summed E-state index contributed by atoms with van der Waals surface area (Å²) in [4.78, 5) is 12.3. The van der Waals surface area contributed by atoms with Crippen LogP contribution >= 0.6 is 23.2 Å². The van der Waals surface area contributed by atoms with E-state index in [0.29, 0.717) is 27.9 Å². The average molecular weight is 283 g/mol. The Kier molecular flexibility index (Phi) is 3.38. The van der Waals surface area contributed by atoms with E-state index in [2.05, 4.69) is 0 Å². The molecule has 18 heavy (non-hydrogen) atoms. The molecule has 2 aliphatic carbocycles. The first-order valence-electron chi connectivity index (χ1n) is 6.61. The standard InChI is InChI=1S/C15H16Cl2O/c16-13-5-12(6-14(17)8-13)15(18)7-11-4-9-1-2-10(11)3-9/h5-6,8-11H,1-4,7H2. The van der Waals surface area contributed by atoms with Crippen molar-refractivity contribution >= 4 is 29.0 Å². The summed E-state index contributed by atoms with van der Waals surface area (Å²) in [7, 11) is 0. The van der Waals surface area contributed by atoms with Gasteiger partial charge in [0.1, 0.15) is 0 Å². The van der Waals surface area contributed by atoms with Crippen molar-refractivity contribution in [2.75, 3.05) is 0 Å². The third kappa shape index (κ3) is 2.44. The fourth-order valence-corrected chi connectivity index (χ4v) is 4.22. The van der Waals surface area contributed by atoms with Crippen LogP contribution in [0.5, 0.6) is 0 Å². The molecule has 0 aliphatic heterocycles. The quantitative estimate of drug-likeness (QED) is 0.713. The molecule has 0 amide bonds. The zero-order chi connectivity index (χ0) is 12.7. The minimum Gasteiger partial charge on any atom is -0.294 e. The summed E-state index contributed by atoms with van der Waals surface area (Å²) in [6, 6.07) is 5.11. The lowest BCUT2D eigenvalue weighted by molar-refractivity contribution is 0.0944. The van der Waals surface area contributed by atoms with Crippen molar-refractivity contribution in [1.29, 1.82) is 0 Å². The van der Waals surface area contributed by atoms with Gasteiger partial charge in [0.05, 0.1) is 0 Å². The monoisotopic (exact) mass is 282 g/mol. The Morgan fingerprint density at radius 2 is 1.83 bits per heavy atom. The SMILES string of the molecule is O=C(CC1CC2CCC1C2)c1cc(Cl)cc(Cl)c1. The highest BCUT2D eigenvalue weighted by Crippen LogP contribution is 2.49. The summed E-state index contributed by atoms with van der Waals surface area (Å²) < 4.78 is 0. The number of carbonyl (C=O) groups excluding carboxylic acids is 1. The molecular formula is C15H16Cl2O. The smallest absolute Gasteiger partial charge is 0.163 e. The average Bonchev–Trinajstić information content (AvgIpc) is 2.89. The molecule has 0 radical (unpaired) electrons. The van der Waals surface area contributed by atoms with Gasteiger partial charge in [0.15, 0.2) is 5.78 Å². The molecule has 3 heteroatoms. The number of fused-ring (bicyclic) bond motifs is 2. The highest BCUT2D eigenvalue weighted by atomic mass is 35.5. The predicted molar refractivity (Wildman–Crippen MR) is 74.3 cm³/mol. The van der Waals surface area contributed by atoms with E-state index in [1.165, 1.54) is 25.7 Å². The molecule has 0 heterocycles. The summed E-state index contributed by atoms with van der Waals surface area (Å²) in [6.07, 6.45) is 5.94. The molecule has 1 aromatic rings. The Morgan fingerprint density at radius 1 is 1.11 bits per heavy atom.